The van der Waals surface area contributed by atoms with Crippen LogP contribution in [0.1, 0.15) is 11.1 Å². The van der Waals surface area contributed by atoms with Crippen molar-refractivity contribution in [1.82, 2.24) is 0 Å². The standard InChI is InChI=1S/C11H9FO3/c12-10-4-3-8(7-11(14)15)6-9(10)2-1-5-13/h3-4,6,13H,5,7H2,(H,14,15). The van der Waals surface area contributed by atoms with E-state index in [0.717, 1.165) is 0 Å². The van der Waals surface area contributed by atoms with Crippen LogP contribution in [-0.2, 0) is 11.2 Å². The average Bonchev–Trinajstić information content (AvgIpc) is 2.18. The Hall–Kier alpha value is -1.86. The number of carbonyl (C=O) groups is 1. The van der Waals surface area contributed by atoms with Gasteiger partial charge in [0.25, 0.3) is 0 Å². The highest BCUT2D eigenvalue weighted by atomic mass is 19.1. The number of carboxylic acid groups (broad SMARTS) is 1. The van der Waals surface area contributed by atoms with Gasteiger partial charge in [0, 0.05) is 0 Å². The monoisotopic (exact) mass is 208 g/mol. The molecule has 0 aliphatic carbocycles. The van der Waals surface area contributed by atoms with Crippen molar-refractivity contribution in [3.63, 3.8) is 0 Å². The minimum Gasteiger partial charge on any atom is -0.481 e. The SMILES string of the molecule is O=C(O)Cc1ccc(F)c(C#CCO)c1. The van der Waals surface area contributed by atoms with Crippen molar-refractivity contribution in [2.75, 3.05) is 6.61 Å². The van der Waals surface area contributed by atoms with Crippen LogP contribution in [0, 0.1) is 17.7 Å². The lowest BCUT2D eigenvalue weighted by atomic mass is 10.1. The van der Waals surface area contributed by atoms with Gasteiger partial charge in [0.15, 0.2) is 0 Å². The number of aliphatic hydroxyl groups is 1. The second-order valence-corrected chi connectivity index (χ2v) is 2.84. The lowest BCUT2D eigenvalue weighted by Crippen LogP contribution is -2.00. The topological polar surface area (TPSA) is 57.5 Å². The molecule has 15 heavy (non-hydrogen) atoms. The highest BCUT2D eigenvalue weighted by Gasteiger charge is 2.04. The average molecular weight is 208 g/mol. The van der Waals surface area contributed by atoms with Gasteiger partial charge >= 0.3 is 5.97 Å². The van der Waals surface area contributed by atoms with Crippen molar-refractivity contribution in [3.05, 3.63) is 35.1 Å². The first-order valence-corrected chi connectivity index (χ1v) is 4.23. The molecule has 0 heterocycles. The Morgan fingerprint density at radius 3 is 2.80 bits per heavy atom. The minimum atomic E-state index is -0.984. The van der Waals surface area contributed by atoms with Crippen LogP contribution in [0.5, 0.6) is 0 Å². The third kappa shape index (κ3) is 3.41. The molecule has 0 aliphatic heterocycles. The van der Waals surface area contributed by atoms with E-state index in [0.29, 0.717) is 5.56 Å². The van der Waals surface area contributed by atoms with Gasteiger partial charge in [-0.15, -0.1) is 0 Å². The van der Waals surface area contributed by atoms with Crippen LogP contribution in [0.25, 0.3) is 0 Å². The number of benzene rings is 1. The summed E-state index contributed by atoms with van der Waals surface area (Å²) in [6.07, 6.45) is -0.173. The molecule has 0 spiro atoms. The fourth-order valence-electron chi connectivity index (χ4n) is 1.09. The van der Waals surface area contributed by atoms with E-state index < -0.39 is 11.8 Å². The van der Waals surface area contributed by atoms with Crippen molar-refractivity contribution in [3.8, 4) is 11.8 Å². The summed E-state index contributed by atoms with van der Waals surface area (Å²) in [4.78, 5) is 10.4. The number of aliphatic hydroxyl groups excluding tert-OH is 1. The molecule has 1 aromatic carbocycles. The van der Waals surface area contributed by atoms with E-state index in [2.05, 4.69) is 11.8 Å². The molecule has 2 N–H and O–H groups in total. The van der Waals surface area contributed by atoms with Gasteiger partial charge < -0.3 is 10.2 Å². The highest BCUT2D eigenvalue weighted by Crippen LogP contribution is 2.10. The van der Waals surface area contributed by atoms with E-state index in [1.165, 1.54) is 18.2 Å². The molecule has 0 aliphatic rings. The van der Waals surface area contributed by atoms with Crippen molar-refractivity contribution in [2.24, 2.45) is 0 Å². The Balaban J connectivity index is 2.99. The van der Waals surface area contributed by atoms with Gasteiger partial charge in [-0.05, 0) is 17.7 Å². The summed E-state index contributed by atoms with van der Waals surface area (Å²) >= 11 is 0. The molecule has 0 amide bonds. The van der Waals surface area contributed by atoms with Crippen LogP contribution in [0.15, 0.2) is 18.2 Å². The van der Waals surface area contributed by atoms with Crippen molar-refractivity contribution in [2.45, 2.75) is 6.42 Å². The second kappa shape index (κ2) is 5.13. The summed E-state index contributed by atoms with van der Waals surface area (Å²) in [5, 5.41) is 17.0. The first-order valence-electron chi connectivity index (χ1n) is 4.23. The van der Waals surface area contributed by atoms with Gasteiger partial charge in [-0.25, -0.2) is 4.39 Å². The summed E-state index contributed by atoms with van der Waals surface area (Å²) in [7, 11) is 0. The van der Waals surface area contributed by atoms with Crippen molar-refractivity contribution in [1.29, 1.82) is 0 Å². The predicted octanol–water partition coefficient (Wildman–Crippen LogP) is 0.797. The molecule has 78 valence electrons. The molecule has 3 nitrogen and oxygen atoms in total. The zero-order chi connectivity index (χ0) is 11.3. The van der Waals surface area contributed by atoms with E-state index in [-0.39, 0.29) is 18.6 Å². The fourth-order valence-corrected chi connectivity index (χ4v) is 1.09. The maximum Gasteiger partial charge on any atom is 0.307 e. The van der Waals surface area contributed by atoms with Crippen LogP contribution < -0.4 is 0 Å². The van der Waals surface area contributed by atoms with Crippen LogP contribution in [0.4, 0.5) is 4.39 Å². The molecule has 0 aromatic heterocycles. The molecule has 1 rings (SSSR count). The summed E-state index contributed by atoms with van der Waals surface area (Å²) in [6.45, 7) is -0.359. The number of rotatable bonds is 2. The molecule has 0 radical (unpaired) electrons. The first kappa shape index (κ1) is 11.2. The van der Waals surface area contributed by atoms with Gasteiger partial charge in [0.2, 0.25) is 0 Å². The molecule has 1 aromatic rings. The Labute approximate surface area is 86.2 Å². The highest BCUT2D eigenvalue weighted by molar-refractivity contribution is 5.70. The Morgan fingerprint density at radius 1 is 1.47 bits per heavy atom. The van der Waals surface area contributed by atoms with Crippen LogP contribution in [0.3, 0.4) is 0 Å². The third-order valence-electron chi connectivity index (χ3n) is 1.69. The van der Waals surface area contributed by atoms with E-state index in [1.807, 2.05) is 0 Å². The maximum absolute atomic E-state index is 13.1. The normalized spacial score (nSPS) is 9.20. The number of hydrogen-bond acceptors (Lipinski definition) is 2. The summed E-state index contributed by atoms with van der Waals surface area (Å²) in [6, 6.07) is 3.93. The quantitative estimate of drug-likeness (QED) is 0.707. The molecular weight excluding hydrogens is 199 g/mol. The first-order chi connectivity index (χ1) is 7.13. The zero-order valence-electron chi connectivity index (χ0n) is 7.83. The third-order valence-corrected chi connectivity index (χ3v) is 1.69. The number of hydrogen-bond donors (Lipinski definition) is 2. The molecule has 0 bridgehead atoms. The molecule has 0 atom stereocenters. The predicted molar refractivity (Wildman–Crippen MR) is 51.7 cm³/mol. The zero-order valence-corrected chi connectivity index (χ0v) is 7.83. The lowest BCUT2D eigenvalue weighted by Gasteiger charge is -1.99. The second-order valence-electron chi connectivity index (χ2n) is 2.84. The minimum absolute atomic E-state index is 0.0998. The summed E-state index contributed by atoms with van der Waals surface area (Å²) < 4.78 is 13.1. The molecule has 0 saturated carbocycles. The molecular formula is C11H9FO3. The van der Waals surface area contributed by atoms with E-state index >= 15 is 0 Å². The fraction of sp³-hybridized carbons (Fsp3) is 0.182. The molecule has 0 fully saturated rings. The molecule has 0 unspecified atom stereocenters. The van der Waals surface area contributed by atoms with Crippen molar-refractivity contribution < 1.29 is 19.4 Å². The van der Waals surface area contributed by atoms with Crippen molar-refractivity contribution >= 4 is 5.97 Å². The van der Waals surface area contributed by atoms with E-state index in [1.54, 1.807) is 0 Å². The summed E-state index contributed by atoms with van der Waals surface area (Å²) in [5.41, 5.74) is 0.578. The van der Waals surface area contributed by atoms with Gasteiger partial charge in [-0.2, -0.15) is 0 Å². The van der Waals surface area contributed by atoms with Gasteiger partial charge in [-0.1, -0.05) is 17.9 Å². The summed E-state index contributed by atoms with van der Waals surface area (Å²) in [5.74, 6) is 3.21. The smallest absolute Gasteiger partial charge is 0.307 e. The Bertz CT molecular complexity index is 429. The van der Waals surface area contributed by atoms with E-state index in [9.17, 15) is 9.18 Å². The van der Waals surface area contributed by atoms with E-state index in [4.69, 9.17) is 10.2 Å². The Kier molecular flexibility index (Phi) is 3.83. The Morgan fingerprint density at radius 2 is 2.20 bits per heavy atom. The number of aliphatic carboxylic acids is 1. The van der Waals surface area contributed by atoms with Gasteiger partial charge in [0.1, 0.15) is 12.4 Å². The van der Waals surface area contributed by atoms with Gasteiger partial charge in [-0.3, -0.25) is 4.79 Å². The maximum atomic E-state index is 13.1. The van der Waals surface area contributed by atoms with Crippen LogP contribution in [-0.4, -0.2) is 22.8 Å². The van der Waals surface area contributed by atoms with Crippen LogP contribution in [0.2, 0.25) is 0 Å². The molecule has 4 heteroatoms. The number of halogens is 1. The van der Waals surface area contributed by atoms with Crippen LogP contribution >= 0.6 is 0 Å². The van der Waals surface area contributed by atoms with Gasteiger partial charge in [0.05, 0.1) is 12.0 Å². The number of carboxylic acids is 1. The lowest BCUT2D eigenvalue weighted by molar-refractivity contribution is -0.136. The molecule has 0 saturated heterocycles. The largest absolute Gasteiger partial charge is 0.481 e.